The minimum Gasteiger partial charge on any atom is -0.469 e. The van der Waals surface area contributed by atoms with Gasteiger partial charge in [-0.1, -0.05) is 11.8 Å². The SMILES string of the molecule is COCCSc1nc2nnc3c(CC(=O)OC)nn(C)c3n2n1. The van der Waals surface area contributed by atoms with Gasteiger partial charge >= 0.3 is 5.97 Å². The summed E-state index contributed by atoms with van der Waals surface area (Å²) in [5.41, 5.74) is 1.62. The summed E-state index contributed by atoms with van der Waals surface area (Å²) in [6, 6.07) is 0. The minimum atomic E-state index is -0.388. The maximum Gasteiger partial charge on any atom is 0.311 e. The van der Waals surface area contributed by atoms with E-state index < -0.39 is 0 Å². The van der Waals surface area contributed by atoms with Gasteiger partial charge in [0.05, 0.1) is 20.1 Å². The van der Waals surface area contributed by atoms with Gasteiger partial charge in [0.25, 0.3) is 5.78 Å². The van der Waals surface area contributed by atoms with Crippen LogP contribution in [0.1, 0.15) is 5.69 Å². The van der Waals surface area contributed by atoms with E-state index in [0.717, 1.165) is 5.75 Å². The first-order chi connectivity index (χ1) is 11.1. The molecule has 0 unspecified atom stereocenters. The molecule has 10 nitrogen and oxygen atoms in total. The van der Waals surface area contributed by atoms with Gasteiger partial charge in [-0.15, -0.1) is 15.3 Å². The molecule has 0 saturated heterocycles. The van der Waals surface area contributed by atoms with E-state index in [1.54, 1.807) is 23.4 Å². The number of methoxy groups -OCH3 is 2. The zero-order valence-corrected chi connectivity index (χ0v) is 13.7. The lowest BCUT2D eigenvalue weighted by Gasteiger charge is -1.96. The predicted octanol–water partition coefficient (Wildman–Crippen LogP) is -0.140. The smallest absolute Gasteiger partial charge is 0.311 e. The number of ether oxygens (including phenoxy) is 2. The summed E-state index contributed by atoms with van der Waals surface area (Å²) in [4.78, 5) is 15.8. The fourth-order valence-corrected chi connectivity index (χ4v) is 2.81. The van der Waals surface area contributed by atoms with Gasteiger partial charge in [0.15, 0.2) is 11.2 Å². The van der Waals surface area contributed by atoms with E-state index in [4.69, 9.17) is 4.74 Å². The first-order valence-electron chi connectivity index (χ1n) is 6.77. The number of aromatic nitrogens is 7. The molecule has 122 valence electrons. The van der Waals surface area contributed by atoms with Crippen LogP contribution in [-0.4, -0.2) is 67.1 Å². The molecular formula is C12H15N7O3S. The number of nitrogens with zero attached hydrogens (tertiary/aromatic N) is 7. The number of hydrogen-bond acceptors (Lipinski definition) is 9. The van der Waals surface area contributed by atoms with Crippen molar-refractivity contribution in [3.05, 3.63) is 5.69 Å². The molecule has 0 radical (unpaired) electrons. The molecule has 23 heavy (non-hydrogen) atoms. The molecule has 0 aliphatic rings. The molecule has 0 fully saturated rings. The Morgan fingerprint density at radius 3 is 2.83 bits per heavy atom. The van der Waals surface area contributed by atoms with Gasteiger partial charge in [-0.2, -0.15) is 14.6 Å². The molecule has 11 heteroatoms. The summed E-state index contributed by atoms with van der Waals surface area (Å²) in [6.07, 6.45) is 0.0260. The van der Waals surface area contributed by atoms with Crippen LogP contribution in [0, 0.1) is 0 Å². The lowest BCUT2D eigenvalue weighted by Crippen LogP contribution is -2.06. The second kappa shape index (κ2) is 6.46. The molecule has 3 heterocycles. The van der Waals surface area contributed by atoms with E-state index in [2.05, 4.69) is 30.1 Å². The highest BCUT2D eigenvalue weighted by Gasteiger charge is 2.19. The third-order valence-electron chi connectivity index (χ3n) is 3.13. The molecule has 0 bridgehead atoms. The molecule has 0 amide bonds. The molecule has 0 aromatic carbocycles. The fraction of sp³-hybridized carbons (Fsp3) is 0.500. The van der Waals surface area contributed by atoms with Crippen LogP contribution in [0.2, 0.25) is 0 Å². The van der Waals surface area contributed by atoms with Crippen LogP contribution in [0.3, 0.4) is 0 Å². The molecular weight excluding hydrogens is 322 g/mol. The van der Waals surface area contributed by atoms with Crippen molar-refractivity contribution in [2.24, 2.45) is 7.05 Å². The molecule has 0 spiro atoms. The normalized spacial score (nSPS) is 11.4. The number of carbonyl (C=O) groups excluding carboxylic acids is 1. The summed E-state index contributed by atoms with van der Waals surface area (Å²) in [5.74, 6) is 0.731. The highest BCUT2D eigenvalue weighted by Crippen LogP contribution is 2.19. The molecule has 3 aromatic heterocycles. The average Bonchev–Trinajstić information content (AvgIpc) is 3.08. The molecule has 3 rings (SSSR count). The van der Waals surface area contributed by atoms with E-state index in [1.807, 2.05) is 0 Å². The van der Waals surface area contributed by atoms with Crippen LogP contribution in [-0.2, 0) is 27.7 Å². The second-order valence-electron chi connectivity index (χ2n) is 4.64. The number of thioether (sulfide) groups is 1. The van der Waals surface area contributed by atoms with Crippen molar-refractivity contribution in [3.63, 3.8) is 0 Å². The Hall–Kier alpha value is -2.27. The van der Waals surface area contributed by atoms with Crippen molar-refractivity contribution in [2.75, 3.05) is 26.6 Å². The van der Waals surface area contributed by atoms with Gasteiger partial charge in [0.1, 0.15) is 5.69 Å². The standard InChI is InChI=1S/C12H15N7O3S/c1-18-10-9(7(16-18)6-8(20)22-3)14-15-11-13-12(17-19(10)11)23-5-4-21-2/h4-6H2,1-3H3. The first kappa shape index (κ1) is 15.6. The van der Waals surface area contributed by atoms with E-state index in [9.17, 15) is 4.79 Å². The summed E-state index contributed by atoms with van der Waals surface area (Å²) in [5, 5.41) is 17.5. The lowest BCUT2D eigenvalue weighted by molar-refractivity contribution is -0.139. The number of rotatable bonds is 6. The second-order valence-corrected chi connectivity index (χ2v) is 5.70. The van der Waals surface area contributed by atoms with Gasteiger partial charge in [0, 0.05) is 19.9 Å². The van der Waals surface area contributed by atoms with Crippen molar-refractivity contribution < 1.29 is 14.3 Å². The highest BCUT2D eigenvalue weighted by molar-refractivity contribution is 7.99. The Balaban J connectivity index is 2.03. The summed E-state index contributed by atoms with van der Waals surface area (Å²) in [7, 11) is 4.73. The lowest BCUT2D eigenvalue weighted by atomic mass is 10.3. The van der Waals surface area contributed by atoms with Crippen LogP contribution >= 0.6 is 11.8 Å². The van der Waals surface area contributed by atoms with Crippen molar-refractivity contribution in [1.82, 2.24) is 34.6 Å². The zero-order valence-electron chi connectivity index (χ0n) is 12.9. The molecule has 3 aromatic rings. The van der Waals surface area contributed by atoms with Crippen LogP contribution in [0.15, 0.2) is 5.16 Å². The van der Waals surface area contributed by atoms with Gasteiger partial charge in [-0.3, -0.25) is 4.79 Å². The van der Waals surface area contributed by atoms with Gasteiger partial charge in [-0.05, 0) is 0 Å². The van der Waals surface area contributed by atoms with Crippen LogP contribution < -0.4 is 0 Å². The van der Waals surface area contributed by atoms with E-state index in [0.29, 0.717) is 34.4 Å². The van der Waals surface area contributed by atoms with Crippen LogP contribution in [0.25, 0.3) is 16.9 Å². The predicted molar refractivity (Wildman–Crippen MR) is 81.2 cm³/mol. The van der Waals surface area contributed by atoms with E-state index in [-0.39, 0.29) is 12.4 Å². The summed E-state index contributed by atoms with van der Waals surface area (Å²) in [6.45, 7) is 0.607. The number of fused-ring (bicyclic) bond motifs is 3. The molecule has 0 N–H and O–H groups in total. The maximum atomic E-state index is 11.5. The number of carbonyl (C=O) groups is 1. The van der Waals surface area contributed by atoms with Gasteiger partial charge in [-0.25, -0.2) is 4.68 Å². The van der Waals surface area contributed by atoms with Crippen LogP contribution in [0.5, 0.6) is 0 Å². The summed E-state index contributed by atoms with van der Waals surface area (Å²) < 4.78 is 12.9. The topological polar surface area (TPSA) is 109 Å². The molecule has 0 aliphatic heterocycles. The fourth-order valence-electron chi connectivity index (χ4n) is 2.09. The summed E-state index contributed by atoms with van der Waals surface area (Å²) >= 11 is 1.47. The largest absolute Gasteiger partial charge is 0.469 e. The number of hydrogen-bond donors (Lipinski definition) is 0. The van der Waals surface area contributed by atoms with E-state index in [1.165, 1.54) is 18.9 Å². The Labute approximate surface area is 135 Å². The van der Waals surface area contributed by atoms with Crippen molar-refractivity contribution in [3.8, 4) is 0 Å². The van der Waals surface area contributed by atoms with Crippen molar-refractivity contribution in [2.45, 2.75) is 11.6 Å². The van der Waals surface area contributed by atoms with Gasteiger partial charge < -0.3 is 9.47 Å². The van der Waals surface area contributed by atoms with Crippen LogP contribution in [0.4, 0.5) is 0 Å². The highest BCUT2D eigenvalue weighted by atomic mass is 32.2. The van der Waals surface area contributed by atoms with Gasteiger partial charge in [0.2, 0.25) is 5.16 Å². The Morgan fingerprint density at radius 1 is 1.26 bits per heavy atom. The number of esters is 1. The zero-order chi connectivity index (χ0) is 16.4. The minimum absolute atomic E-state index is 0.0260. The average molecular weight is 337 g/mol. The maximum absolute atomic E-state index is 11.5. The Bertz CT molecular complexity index is 859. The Morgan fingerprint density at radius 2 is 2.09 bits per heavy atom. The first-order valence-corrected chi connectivity index (χ1v) is 7.76. The quantitative estimate of drug-likeness (QED) is 0.345. The van der Waals surface area contributed by atoms with Crippen molar-refractivity contribution >= 4 is 34.7 Å². The van der Waals surface area contributed by atoms with E-state index >= 15 is 0 Å². The third-order valence-corrected chi connectivity index (χ3v) is 3.93. The molecule has 0 atom stereocenters. The molecule has 0 saturated carbocycles. The third kappa shape index (κ3) is 2.97. The van der Waals surface area contributed by atoms with Crippen molar-refractivity contribution in [1.29, 1.82) is 0 Å². The number of aryl methyl sites for hydroxylation is 1. The monoisotopic (exact) mass is 337 g/mol. The Kier molecular flexibility index (Phi) is 4.39. The molecule has 0 aliphatic carbocycles.